The van der Waals surface area contributed by atoms with E-state index >= 15 is 0 Å². The van der Waals surface area contributed by atoms with Gasteiger partial charge in [0, 0.05) is 200 Å². The van der Waals surface area contributed by atoms with Crippen LogP contribution in [0.3, 0.4) is 0 Å². The van der Waals surface area contributed by atoms with Crippen LogP contribution in [0.5, 0.6) is 0 Å². The summed E-state index contributed by atoms with van der Waals surface area (Å²) in [7, 11) is 0. The molecule has 0 spiro atoms. The molecule has 13 heterocycles. The number of thiophene rings is 3. The van der Waals surface area contributed by atoms with Crippen LogP contribution in [-0.2, 0) is 101 Å². The van der Waals surface area contributed by atoms with Crippen molar-refractivity contribution >= 4 is 170 Å². The van der Waals surface area contributed by atoms with Crippen molar-refractivity contribution in [2.24, 2.45) is 0 Å². The summed E-state index contributed by atoms with van der Waals surface area (Å²) < 4.78 is 3.79. The van der Waals surface area contributed by atoms with Crippen molar-refractivity contribution in [1.82, 2.24) is 49.8 Å². The number of aromatic nitrogens is 10. The fourth-order valence-electron chi connectivity index (χ4n) is 14.5. The molecule has 0 saturated carbocycles. The molecule has 0 fully saturated rings. The Morgan fingerprint density at radius 1 is 0.231 bits per heavy atom. The number of nitrogens with zero attached hydrogens (tertiary/aromatic N) is 10. The van der Waals surface area contributed by atoms with Gasteiger partial charge in [0.1, 0.15) is 11.4 Å². The van der Waals surface area contributed by atoms with Crippen molar-refractivity contribution < 1.29 is 150 Å². The van der Waals surface area contributed by atoms with Crippen LogP contribution in [-0.4, -0.2) is 105 Å². The van der Waals surface area contributed by atoms with Gasteiger partial charge in [-0.3, -0.25) is 0 Å². The minimum atomic E-state index is -0.995. The second-order valence-electron chi connectivity index (χ2n) is 30.6. The maximum Gasteiger partial charge on any atom is 0.355 e. The molecule has 0 aliphatic rings. The summed E-state index contributed by atoms with van der Waals surface area (Å²) in [6.07, 6.45) is 15.3. The number of benzene rings is 12. The molecule has 0 aliphatic heterocycles. The first-order valence-corrected chi connectivity index (χ1v) is 46.5. The number of aromatic carboxylic acids is 5. The van der Waals surface area contributed by atoms with Crippen molar-refractivity contribution in [2.75, 3.05) is 0 Å². The maximum atomic E-state index is 10.8. The van der Waals surface area contributed by atoms with Gasteiger partial charge in [-0.05, 0) is 144 Å². The molecule has 13 aromatic heterocycles. The Morgan fingerprint density at radius 3 is 0.939 bits per heavy atom. The number of rotatable bonds is 10. The summed E-state index contributed by atoms with van der Waals surface area (Å²) in [6, 6.07) is 143. The number of carboxylic acid groups (broad SMARTS) is 5. The monoisotopic (exact) mass is 2870 g/mol. The van der Waals surface area contributed by atoms with Gasteiger partial charge in [0.2, 0.25) is 0 Å². The molecule has 733 valence electrons. The quantitative estimate of drug-likeness (QED) is 0.0794. The van der Waals surface area contributed by atoms with Crippen LogP contribution in [0.4, 0.5) is 0 Å². The Labute approximate surface area is 923 Å². The van der Waals surface area contributed by atoms with E-state index in [1.807, 2.05) is 262 Å². The number of pyridine rings is 10. The van der Waals surface area contributed by atoms with Gasteiger partial charge in [-0.2, -0.15) is 0 Å². The standard InChI is InChI=1S/2C15H10N.3C13H8NS.5C10H7NO2.5Ir/c1-2-7-13(8-3-1)15-14-9-5-4-6-12(14)10-11-16-15;1-2-6-12(7-3-1)15-10-13-8-4-5-9-14(13)11-16-15;3*1-2-7-12-10(5-1)9-13(15-12)11-6-3-4-8-14-11;12-10(13)9-5-7-3-1-2-4-8(7)6-11-9;3*12-10(13)9-8-4-2-1-3-7(8)5-6-11-9;12-10(13)9-6-5-7-3-1-2-4-8(7)11-9;;;;;/h1-7,9-11H;1-6,8-11H;3*1-8H;5*1-6H,(H,12,13);;;;;/q5*-1;;;;;;;;;;. The Bertz CT molecular complexity index is 7980. The number of hydrogen-bond acceptors (Lipinski definition) is 18. The van der Waals surface area contributed by atoms with Gasteiger partial charge in [0.05, 0.1) is 5.52 Å². The molecule has 20 nitrogen and oxygen atoms in total. The average Bonchev–Trinajstić information content (AvgIpc) is 1.80. The summed E-state index contributed by atoms with van der Waals surface area (Å²) in [5.41, 5.74) is 8.25. The van der Waals surface area contributed by atoms with Crippen LogP contribution in [0.2, 0.25) is 0 Å². The molecule has 5 radical (unpaired) electrons. The molecular weight excluding hydrogens is 2790 g/mol. The maximum absolute atomic E-state index is 10.8. The molecule has 147 heavy (non-hydrogen) atoms. The summed E-state index contributed by atoms with van der Waals surface area (Å²) >= 11 is 5.20. The number of fused-ring (bicyclic) bond motifs is 10. The summed E-state index contributed by atoms with van der Waals surface area (Å²) in [4.78, 5) is 97.8. The van der Waals surface area contributed by atoms with Crippen molar-refractivity contribution in [3.05, 3.63) is 509 Å². The van der Waals surface area contributed by atoms with Crippen LogP contribution < -0.4 is 0 Å². The van der Waals surface area contributed by atoms with Gasteiger partial charge in [-0.15, -0.1) is 143 Å². The smallest absolute Gasteiger partial charge is 0.355 e. The van der Waals surface area contributed by atoms with Crippen LogP contribution in [0.1, 0.15) is 52.4 Å². The molecule has 12 aromatic carbocycles. The minimum absolute atomic E-state index is 0. The number of carbonyl (C=O) groups is 5. The molecule has 0 amide bonds. The molecule has 5 N–H and O–H groups in total. The third-order valence-corrected chi connectivity index (χ3v) is 24.6. The Balaban J connectivity index is 0.000000155. The minimum Gasteiger partial charge on any atom is -0.477 e. The zero-order valence-corrected chi connectivity index (χ0v) is 91.3. The van der Waals surface area contributed by atoms with E-state index in [9.17, 15) is 24.0 Å². The zero-order chi connectivity index (χ0) is 98.1. The number of carboxylic acids is 5. The van der Waals surface area contributed by atoms with E-state index < -0.39 is 29.8 Å². The second-order valence-corrected chi connectivity index (χ2v) is 33.8. The molecule has 0 bridgehead atoms. The molecule has 0 atom stereocenters. The molecule has 28 heteroatoms. The second kappa shape index (κ2) is 56.6. The fourth-order valence-corrected chi connectivity index (χ4v) is 17.5. The van der Waals surface area contributed by atoms with Crippen LogP contribution in [0.25, 0.3) is 160 Å². The van der Waals surface area contributed by atoms with E-state index in [-0.39, 0.29) is 129 Å². The molecule has 0 saturated heterocycles. The first-order chi connectivity index (χ1) is 69.6. The summed E-state index contributed by atoms with van der Waals surface area (Å²) in [6.45, 7) is 0. The van der Waals surface area contributed by atoms with E-state index in [1.165, 1.54) is 76.5 Å². The average molecular weight is 2870 g/mol. The van der Waals surface area contributed by atoms with E-state index in [1.54, 1.807) is 113 Å². The van der Waals surface area contributed by atoms with Crippen LogP contribution in [0.15, 0.2) is 450 Å². The van der Waals surface area contributed by atoms with Gasteiger partial charge in [0.25, 0.3) is 0 Å². The molecular formula is C119H79Ir5N10O10S3-5. The van der Waals surface area contributed by atoms with E-state index in [0.29, 0.717) is 21.7 Å². The van der Waals surface area contributed by atoms with Gasteiger partial charge >= 0.3 is 29.8 Å². The summed E-state index contributed by atoms with van der Waals surface area (Å²) in [5.74, 6) is -4.96. The molecule has 25 rings (SSSR count). The topological polar surface area (TPSA) is 315 Å². The predicted octanol–water partition coefficient (Wildman–Crippen LogP) is 28.3. The Hall–Kier alpha value is -15.6. The van der Waals surface area contributed by atoms with Gasteiger partial charge in [-0.1, -0.05) is 249 Å². The fraction of sp³-hybridized carbons (Fsp3) is 0. The van der Waals surface area contributed by atoms with E-state index in [2.05, 4.69) is 165 Å². The first kappa shape index (κ1) is 112. The van der Waals surface area contributed by atoms with E-state index in [0.717, 1.165) is 86.5 Å². The third-order valence-electron chi connectivity index (χ3n) is 21.3. The number of hydrogen-bond donors (Lipinski definition) is 5. The first-order valence-electron chi connectivity index (χ1n) is 44.1. The van der Waals surface area contributed by atoms with Gasteiger partial charge in [-0.25, -0.2) is 82.9 Å². The van der Waals surface area contributed by atoms with Crippen LogP contribution in [0, 0.1) is 30.3 Å². The third kappa shape index (κ3) is 30.5. The Morgan fingerprint density at radius 2 is 0.558 bits per heavy atom. The summed E-state index contributed by atoms with van der Waals surface area (Å²) in [5, 5.41) is 59.6. The molecule has 25 aromatic rings. The Kier molecular flexibility index (Phi) is 43.1. The molecule has 0 unspecified atom stereocenters. The van der Waals surface area contributed by atoms with Crippen molar-refractivity contribution in [2.45, 2.75) is 0 Å². The SMILES string of the molecule is O=C(O)c1cc2ccccc2cn1.O=C(O)c1ccc2ccccc2n1.O=C(O)c1nccc2ccccc12.O=C(O)c1nccc2ccccc12.O=C(O)c1nccc2ccccc12.[Ir].[Ir].[Ir].[Ir].[Ir].[c-]1c(-c2ccccn2)sc2ccccc12.[c-]1c(-c2ccccn2)sc2ccccc12.[c-]1c(-c2ccccn2)sc2ccccc12.[c-]1ccccc1-c1cc2ccccc2cn1.[c-]1ccccc1-c1nccc2ccccc12. The van der Waals surface area contributed by atoms with Crippen molar-refractivity contribution in [3.8, 4) is 54.2 Å². The normalized spacial score (nSPS) is 10.0. The zero-order valence-electron chi connectivity index (χ0n) is 76.9. The van der Waals surface area contributed by atoms with E-state index in [4.69, 9.17) is 25.5 Å². The van der Waals surface area contributed by atoms with Gasteiger partial charge < -0.3 is 50.5 Å². The largest absolute Gasteiger partial charge is 0.477 e. The predicted molar refractivity (Wildman–Crippen MR) is 567 cm³/mol. The molecule has 0 aliphatic carbocycles. The van der Waals surface area contributed by atoms with Crippen molar-refractivity contribution in [3.63, 3.8) is 0 Å². The van der Waals surface area contributed by atoms with Crippen LogP contribution >= 0.6 is 34.0 Å². The van der Waals surface area contributed by atoms with Crippen molar-refractivity contribution in [1.29, 1.82) is 0 Å². The number of para-hydroxylation sites is 1. The van der Waals surface area contributed by atoms with Gasteiger partial charge in [0.15, 0.2) is 17.1 Å².